The molecule has 9 heavy (non-hydrogen) atoms. The van der Waals surface area contributed by atoms with Crippen LogP contribution in [0.15, 0.2) is 24.3 Å². The highest BCUT2D eigenvalue weighted by atomic mass is 16.6. The molecule has 1 saturated heterocycles. The van der Waals surface area contributed by atoms with E-state index in [1.54, 1.807) is 18.2 Å². The van der Waals surface area contributed by atoms with Crippen LogP contribution < -0.4 is 0 Å². The lowest BCUT2D eigenvalue weighted by molar-refractivity contribution is -0.118. The van der Waals surface area contributed by atoms with E-state index >= 15 is 0 Å². The Kier molecular flexibility index (Phi) is 0.732. The zero-order valence-corrected chi connectivity index (χ0v) is 4.83. The molecule has 0 radical (unpaired) electrons. The maximum atomic E-state index is 10.9. The second kappa shape index (κ2) is 1.33. The van der Waals surface area contributed by atoms with Crippen molar-refractivity contribution in [2.45, 2.75) is 5.60 Å². The number of epoxide rings is 1. The Morgan fingerprint density at radius 2 is 2.33 bits per heavy atom. The lowest BCUT2D eigenvalue weighted by Gasteiger charge is -2.02. The van der Waals surface area contributed by atoms with Gasteiger partial charge in [0.2, 0.25) is 0 Å². The second-order valence-corrected chi connectivity index (χ2v) is 2.26. The second-order valence-electron chi connectivity index (χ2n) is 2.26. The minimum absolute atomic E-state index is 0.0741. The summed E-state index contributed by atoms with van der Waals surface area (Å²) in [6.07, 6.45) is 6.92. The molecule has 0 saturated carbocycles. The number of ketones is 1. The van der Waals surface area contributed by atoms with E-state index in [0.717, 1.165) is 0 Å². The van der Waals surface area contributed by atoms with Crippen LogP contribution in [0.1, 0.15) is 0 Å². The van der Waals surface area contributed by atoms with E-state index in [2.05, 4.69) is 0 Å². The smallest absolute Gasteiger partial charge is 0.193 e. The monoisotopic (exact) mass is 122 g/mol. The van der Waals surface area contributed by atoms with Crippen LogP contribution in [0.4, 0.5) is 0 Å². The fraction of sp³-hybridized carbons (Fsp3) is 0.286. The third-order valence-electron chi connectivity index (χ3n) is 1.60. The summed E-state index contributed by atoms with van der Waals surface area (Å²) in [7, 11) is 0. The molecular weight excluding hydrogens is 116 g/mol. The highest BCUT2D eigenvalue weighted by molar-refractivity contribution is 6.02. The molecule has 0 aromatic rings. The average Bonchev–Trinajstić information content (AvgIpc) is 2.60. The molecule has 0 aromatic carbocycles. The molecule has 0 bridgehead atoms. The molecule has 0 aromatic heterocycles. The van der Waals surface area contributed by atoms with Crippen LogP contribution in [0, 0.1) is 0 Å². The van der Waals surface area contributed by atoms with Crippen LogP contribution >= 0.6 is 0 Å². The molecular formula is C7H6O2. The van der Waals surface area contributed by atoms with Crippen LogP contribution in [0.5, 0.6) is 0 Å². The SMILES string of the molecule is O=C1C=CC=C[C@]12CO2. The van der Waals surface area contributed by atoms with Crippen LogP contribution in [0.2, 0.25) is 0 Å². The van der Waals surface area contributed by atoms with Crippen molar-refractivity contribution in [3.8, 4) is 0 Å². The van der Waals surface area contributed by atoms with Crippen molar-refractivity contribution in [3.05, 3.63) is 24.3 Å². The molecule has 1 aliphatic carbocycles. The van der Waals surface area contributed by atoms with Gasteiger partial charge in [-0.1, -0.05) is 12.2 Å². The first-order chi connectivity index (χ1) is 4.33. The largest absolute Gasteiger partial charge is 0.356 e. The van der Waals surface area contributed by atoms with Gasteiger partial charge in [0, 0.05) is 0 Å². The van der Waals surface area contributed by atoms with Gasteiger partial charge in [-0.15, -0.1) is 0 Å². The Hall–Kier alpha value is -0.890. The molecule has 1 spiro atoms. The molecule has 2 nitrogen and oxygen atoms in total. The van der Waals surface area contributed by atoms with Crippen molar-refractivity contribution in [1.82, 2.24) is 0 Å². The number of carbonyl (C=O) groups excluding carboxylic acids is 1. The predicted molar refractivity (Wildman–Crippen MR) is 32.0 cm³/mol. The molecule has 1 aliphatic heterocycles. The van der Waals surface area contributed by atoms with E-state index in [1.165, 1.54) is 0 Å². The quantitative estimate of drug-likeness (QED) is 0.436. The standard InChI is InChI=1S/C7H6O2/c8-6-3-1-2-4-7(6)5-9-7/h1-4H,5H2/t7-/m0/s1. The predicted octanol–water partition coefficient (Wildman–Crippen LogP) is 0.450. The molecule has 2 aliphatic rings. The van der Waals surface area contributed by atoms with Gasteiger partial charge in [-0.3, -0.25) is 4.79 Å². The van der Waals surface area contributed by atoms with Crippen LogP contribution in [-0.2, 0) is 9.53 Å². The normalized spacial score (nSPS) is 38.0. The zero-order valence-electron chi connectivity index (χ0n) is 4.83. The summed E-state index contributed by atoms with van der Waals surface area (Å²) in [6, 6.07) is 0. The van der Waals surface area contributed by atoms with E-state index in [0.29, 0.717) is 6.61 Å². The third kappa shape index (κ3) is 0.566. The summed E-state index contributed by atoms with van der Waals surface area (Å²) < 4.78 is 4.96. The molecule has 1 heterocycles. The summed E-state index contributed by atoms with van der Waals surface area (Å²) in [4.78, 5) is 10.9. The maximum absolute atomic E-state index is 10.9. The number of hydrogen-bond donors (Lipinski definition) is 0. The van der Waals surface area contributed by atoms with Gasteiger partial charge < -0.3 is 4.74 Å². The summed E-state index contributed by atoms with van der Waals surface area (Å²) in [5, 5.41) is 0. The van der Waals surface area contributed by atoms with Crippen LogP contribution in [0.3, 0.4) is 0 Å². The molecule has 2 heteroatoms. The van der Waals surface area contributed by atoms with Crippen molar-refractivity contribution in [1.29, 1.82) is 0 Å². The van der Waals surface area contributed by atoms with Gasteiger partial charge in [-0.2, -0.15) is 0 Å². The Bertz CT molecular complexity index is 209. The Balaban J connectivity index is 2.36. The fourth-order valence-electron chi connectivity index (χ4n) is 0.893. The first-order valence-corrected chi connectivity index (χ1v) is 2.88. The molecule has 2 rings (SSSR count). The highest BCUT2D eigenvalue weighted by Crippen LogP contribution is 2.31. The highest BCUT2D eigenvalue weighted by Gasteiger charge is 2.48. The molecule has 46 valence electrons. The van der Waals surface area contributed by atoms with E-state index in [4.69, 9.17) is 4.74 Å². The number of carbonyl (C=O) groups is 1. The molecule has 0 N–H and O–H groups in total. The van der Waals surface area contributed by atoms with Gasteiger partial charge in [0.05, 0.1) is 6.61 Å². The van der Waals surface area contributed by atoms with Crippen LogP contribution in [-0.4, -0.2) is 18.0 Å². The average molecular weight is 122 g/mol. The summed E-state index contributed by atoms with van der Waals surface area (Å²) in [6.45, 7) is 0.562. The molecule has 1 fully saturated rings. The van der Waals surface area contributed by atoms with E-state index < -0.39 is 5.60 Å². The summed E-state index contributed by atoms with van der Waals surface area (Å²) in [5.74, 6) is 0.0741. The summed E-state index contributed by atoms with van der Waals surface area (Å²) in [5.41, 5.74) is -0.519. The van der Waals surface area contributed by atoms with E-state index in [1.807, 2.05) is 6.08 Å². The first-order valence-electron chi connectivity index (χ1n) is 2.88. The lowest BCUT2D eigenvalue weighted by atomic mass is 10.0. The maximum Gasteiger partial charge on any atom is 0.193 e. The molecule has 1 atom stereocenters. The Morgan fingerprint density at radius 3 is 2.78 bits per heavy atom. The topological polar surface area (TPSA) is 29.6 Å². The first kappa shape index (κ1) is 4.94. The van der Waals surface area contributed by atoms with Gasteiger partial charge in [0.1, 0.15) is 0 Å². The number of ether oxygens (including phenoxy) is 1. The minimum Gasteiger partial charge on any atom is -0.356 e. The number of hydrogen-bond acceptors (Lipinski definition) is 2. The fourth-order valence-corrected chi connectivity index (χ4v) is 0.893. The molecule has 0 unspecified atom stereocenters. The number of allylic oxidation sites excluding steroid dienone is 2. The Labute approximate surface area is 52.8 Å². The van der Waals surface area contributed by atoms with Gasteiger partial charge in [0.15, 0.2) is 11.4 Å². The van der Waals surface area contributed by atoms with Crippen molar-refractivity contribution < 1.29 is 9.53 Å². The lowest BCUT2D eigenvalue weighted by Crippen LogP contribution is -2.20. The third-order valence-corrected chi connectivity index (χ3v) is 1.60. The minimum atomic E-state index is -0.519. The van der Waals surface area contributed by atoms with Crippen molar-refractivity contribution in [3.63, 3.8) is 0 Å². The van der Waals surface area contributed by atoms with Crippen molar-refractivity contribution in [2.75, 3.05) is 6.61 Å². The zero-order chi connectivity index (χ0) is 6.32. The summed E-state index contributed by atoms with van der Waals surface area (Å²) >= 11 is 0. The van der Waals surface area contributed by atoms with Gasteiger partial charge in [-0.25, -0.2) is 0 Å². The van der Waals surface area contributed by atoms with Crippen molar-refractivity contribution in [2.24, 2.45) is 0 Å². The van der Waals surface area contributed by atoms with E-state index in [9.17, 15) is 4.79 Å². The number of rotatable bonds is 0. The molecule has 0 amide bonds. The Morgan fingerprint density at radius 1 is 1.56 bits per heavy atom. The van der Waals surface area contributed by atoms with Crippen LogP contribution in [0.25, 0.3) is 0 Å². The van der Waals surface area contributed by atoms with Crippen molar-refractivity contribution >= 4 is 5.78 Å². The van der Waals surface area contributed by atoms with Gasteiger partial charge in [-0.05, 0) is 12.2 Å². The van der Waals surface area contributed by atoms with E-state index in [-0.39, 0.29) is 5.78 Å². The van der Waals surface area contributed by atoms with Gasteiger partial charge >= 0.3 is 0 Å². The van der Waals surface area contributed by atoms with Gasteiger partial charge in [0.25, 0.3) is 0 Å².